The van der Waals surface area contributed by atoms with E-state index in [1.807, 2.05) is 121 Å². The molecule has 1 aliphatic heterocycles. The van der Waals surface area contributed by atoms with Gasteiger partial charge in [0.1, 0.15) is 0 Å². The Kier molecular flexibility index (Phi) is 8.65. The maximum atomic E-state index is 15.6. The molecule has 57 heavy (non-hydrogen) atoms. The summed E-state index contributed by atoms with van der Waals surface area (Å²) in [6, 6.07) is 67.6. The largest absolute Gasteiger partial charge is 0.309 e. The van der Waals surface area contributed by atoms with Crippen molar-refractivity contribution in [3.8, 4) is 11.1 Å². The van der Waals surface area contributed by atoms with Crippen molar-refractivity contribution in [1.82, 2.24) is 0 Å². The van der Waals surface area contributed by atoms with E-state index >= 15 is 9.13 Å². The van der Waals surface area contributed by atoms with Crippen LogP contribution in [0.15, 0.2) is 210 Å². The molecule has 0 aromatic heterocycles. The minimum Gasteiger partial charge on any atom is -0.309 e. The van der Waals surface area contributed by atoms with E-state index in [0.717, 1.165) is 58.7 Å². The van der Waals surface area contributed by atoms with Gasteiger partial charge in [0.2, 0.25) is 0 Å². The molecule has 0 N–H and O–H groups in total. The van der Waals surface area contributed by atoms with E-state index < -0.39 is 14.3 Å². The van der Waals surface area contributed by atoms with Crippen LogP contribution in [0.2, 0.25) is 0 Å². The second kappa shape index (κ2) is 13.8. The van der Waals surface area contributed by atoms with E-state index in [0.29, 0.717) is 0 Å². The van der Waals surface area contributed by atoms with Gasteiger partial charge in [0.15, 0.2) is 14.3 Å². The first-order valence-electron chi connectivity index (χ1n) is 19.2. The second-order valence-corrected chi connectivity index (χ2v) is 21.8. The zero-order valence-electron chi connectivity index (χ0n) is 31.6. The highest BCUT2D eigenvalue weighted by molar-refractivity contribution is 8.00. The topological polar surface area (TPSA) is 37.4 Å². The van der Waals surface area contributed by atoms with Crippen LogP contribution in [0.3, 0.4) is 0 Å². The summed E-state index contributed by atoms with van der Waals surface area (Å²) in [5.41, 5.74) is 8.04. The molecule has 0 unspecified atom stereocenters. The maximum Gasteiger partial charge on any atom is 0.171 e. The summed E-state index contributed by atoms with van der Waals surface area (Å²) in [5.74, 6) is 0. The van der Waals surface area contributed by atoms with Crippen LogP contribution in [0, 0.1) is 0 Å². The molecule has 1 heterocycles. The summed E-state index contributed by atoms with van der Waals surface area (Å²) >= 11 is 1.65. The summed E-state index contributed by atoms with van der Waals surface area (Å²) < 4.78 is 31.3. The van der Waals surface area contributed by atoms with E-state index in [1.54, 1.807) is 11.8 Å². The van der Waals surface area contributed by atoms with Gasteiger partial charge in [-0.15, -0.1) is 0 Å². The minimum atomic E-state index is -3.25. The second-order valence-electron chi connectivity index (χ2n) is 15.2. The normalized spacial score (nSPS) is 14.0. The Morgan fingerprint density at radius 3 is 1.26 bits per heavy atom. The lowest BCUT2D eigenvalue weighted by Gasteiger charge is -2.35. The maximum absolute atomic E-state index is 15.6. The van der Waals surface area contributed by atoms with E-state index in [-0.39, 0.29) is 5.41 Å². The molecule has 3 nitrogen and oxygen atoms in total. The number of hydrogen-bond acceptors (Lipinski definition) is 4. The van der Waals surface area contributed by atoms with Crippen LogP contribution in [0.4, 0.5) is 17.1 Å². The Morgan fingerprint density at radius 1 is 0.404 bits per heavy atom. The molecular weight excluding hydrogens is 753 g/mol. The van der Waals surface area contributed by atoms with E-state index in [4.69, 9.17) is 0 Å². The highest BCUT2D eigenvalue weighted by Gasteiger charge is 2.38. The molecule has 0 amide bonds. The highest BCUT2D eigenvalue weighted by atomic mass is 32.2. The first kappa shape index (κ1) is 35.8. The van der Waals surface area contributed by atoms with Gasteiger partial charge in [-0.1, -0.05) is 177 Å². The van der Waals surface area contributed by atoms with Gasteiger partial charge in [0.25, 0.3) is 0 Å². The highest BCUT2D eigenvalue weighted by Crippen LogP contribution is 2.56. The zero-order valence-corrected chi connectivity index (χ0v) is 34.2. The molecule has 2 aliphatic rings. The predicted molar refractivity (Wildman–Crippen MR) is 242 cm³/mol. The fraction of sp³-hybridized carbons (Fsp3) is 0.0588. The molecule has 0 bridgehead atoms. The minimum absolute atomic E-state index is 0.179. The number of anilines is 3. The third-order valence-electron chi connectivity index (χ3n) is 11.6. The molecule has 8 aromatic rings. The molecular formula is C51H39NO2P2S. The van der Waals surface area contributed by atoms with Gasteiger partial charge in [-0.2, -0.15) is 0 Å². The Labute approximate surface area is 338 Å². The van der Waals surface area contributed by atoms with Crippen LogP contribution >= 0.6 is 26.0 Å². The van der Waals surface area contributed by atoms with Gasteiger partial charge in [-0.3, -0.25) is 0 Å². The standard InChI is InChI=1S/C51H39NO2P2S/c1-51(2)45-26-16-15-25-43(45)44-30-27-36(33-46(44)51)52-47-31-28-41(55(53,37-17-7-3-8-18-37)38-19-9-4-10-20-38)34-49(47)57-50-35-42(29-32-48(50)52)56(54,39-21-11-5-12-22-39)40-23-13-6-14-24-40/h3-35H,1-2H3. The molecule has 8 aromatic carbocycles. The van der Waals surface area contributed by atoms with Crippen LogP contribution in [-0.2, 0) is 14.5 Å². The van der Waals surface area contributed by atoms with Crippen molar-refractivity contribution < 1.29 is 9.13 Å². The van der Waals surface area contributed by atoms with E-state index in [2.05, 4.69) is 97.6 Å². The van der Waals surface area contributed by atoms with Crippen molar-refractivity contribution in [3.05, 3.63) is 211 Å². The molecule has 0 saturated carbocycles. The van der Waals surface area contributed by atoms with Crippen molar-refractivity contribution in [2.75, 3.05) is 4.90 Å². The Hall–Kier alpha value is -5.63. The van der Waals surface area contributed by atoms with Crippen molar-refractivity contribution in [1.29, 1.82) is 0 Å². The smallest absolute Gasteiger partial charge is 0.171 e. The average Bonchev–Trinajstić information content (AvgIpc) is 3.50. The van der Waals surface area contributed by atoms with Crippen molar-refractivity contribution >= 4 is 74.9 Å². The van der Waals surface area contributed by atoms with Gasteiger partial charge in [-0.25, -0.2) is 0 Å². The fourth-order valence-electron chi connectivity index (χ4n) is 8.73. The Balaban J connectivity index is 1.19. The lowest BCUT2D eigenvalue weighted by atomic mass is 9.82. The fourth-order valence-corrected chi connectivity index (χ4v) is 15.4. The monoisotopic (exact) mass is 791 g/mol. The SMILES string of the molecule is CC1(C)c2ccccc2-c2ccc(N3c4ccc(P(=O)(c5ccccc5)c5ccccc5)cc4Sc4cc(P(=O)(c5ccccc5)c5ccccc5)ccc43)cc21. The summed E-state index contributed by atoms with van der Waals surface area (Å²) in [4.78, 5) is 4.31. The van der Waals surface area contributed by atoms with Gasteiger partial charge >= 0.3 is 0 Å². The van der Waals surface area contributed by atoms with Crippen LogP contribution in [0.5, 0.6) is 0 Å². The molecule has 0 spiro atoms. The van der Waals surface area contributed by atoms with Crippen molar-refractivity contribution in [2.45, 2.75) is 29.1 Å². The molecule has 0 radical (unpaired) electrons. The summed E-state index contributed by atoms with van der Waals surface area (Å²) in [5, 5.41) is 4.73. The molecule has 0 atom stereocenters. The zero-order chi connectivity index (χ0) is 38.8. The first-order valence-corrected chi connectivity index (χ1v) is 23.5. The van der Waals surface area contributed by atoms with Gasteiger partial charge in [0, 0.05) is 52.7 Å². The first-order chi connectivity index (χ1) is 27.8. The van der Waals surface area contributed by atoms with Crippen LogP contribution in [0.1, 0.15) is 25.0 Å². The third kappa shape index (κ3) is 5.65. The Morgan fingerprint density at radius 2 is 0.807 bits per heavy atom. The number of rotatable bonds is 7. The third-order valence-corrected chi connectivity index (χ3v) is 18.8. The van der Waals surface area contributed by atoms with E-state index in [1.165, 1.54) is 22.3 Å². The van der Waals surface area contributed by atoms with Gasteiger partial charge in [0.05, 0.1) is 11.4 Å². The number of nitrogens with zero attached hydrogens (tertiary/aromatic N) is 1. The summed E-state index contributed by atoms with van der Waals surface area (Å²) in [7, 11) is -6.51. The van der Waals surface area contributed by atoms with Gasteiger partial charge in [-0.05, 0) is 70.8 Å². The van der Waals surface area contributed by atoms with Crippen molar-refractivity contribution in [2.24, 2.45) is 0 Å². The lowest BCUT2D eigenvalue weighted by molar-refractivity contribution is 0.591. The number of fused-ring (bicyclic) bond motifs is 5. The quantitative estimate of drug-likeness (QED) is 0.151. The number of hydrogen-bond donors (Lipinski definition) is 0. The van der Waals surface area contributed by atoms with Crippen LogP contribution in [0.25, 0.3) is 11.1 Å². The lowest BCUT2D eigenvalue weighted by Crippen LogP contribution is -2.27. The van der Waals surface area contributed by atoms with Crippen LogP contribution < -0.4 is 36.7 Å². The van der Waals surface area contributed by atoms with E-state index in [9.17, 15) is 0 Å². The van der Waals surface area contributed by atoms with Gasteiger partial charge < -0.3 is 14.0 Å². The molecule has 1 aliphatic carbocycles. The van der Waals surface area contributed by atoms with Crippen LogP contribution in [-0.4, -0.2) is 0 Å². The predicted octanol–water partition coefficient (Wildman–Crippen LogP) is 11.2. The molecule has 10 rings (SSSR count). The summed E-state index contributed by atoms with van der Waals surface area (Å²) in [6.07, 6.45) is 0. The summed E-state index contributed by atoms with van der Waals surface area (Å²) in [6.45, 7) is 4.62. The average molecular weight is 792 g/mol. The molecule has 0 saturated heterocycles. The molecule has 0 fully saturated rings. The molecule has 276 valence electrons. The molecule has 6 heteroatoms. The van der Waals surface area contributed by atoms with Crippen molar-refractivity contribution in [3.63, 3.8) is 0 Å². The Bertz CT molecular complexity index is 2680. The number of benzene rings is 8.